The average Bonchev–Trinajstić information content (AvgIpc) is 2.94. The number of nitrogens with zero attached hydrogens (tertiary/aromatic N) is 1. The summed E-state index contributed by atoms with van der Waals surface area (Å²) < 4.78 is 0. The lowest BCUT2D eigenvalue weighted by Crippen LogP contribution is -2.31. The Balaban J connectivity index is 1.58. The van der Waals surface area contributed by atoms with Crippen LogP contribution >= 0.6 is 0 Å². The van der Waals surface area contributed by atoms with Gasteiger partial charge in [-0.05, 0) is 31.2 Å². The molecule has 1 atom stereocenters. The highest BCUT2D eigenvalue weighted by atomic mass is 16.2. The molecule has 1 heterocycles. The van der Waals surface area contributed by atoms with Crippen LogP contribution in [0.3, 0.4) is 0 Å². The van der Waals surface area contributed by atoms with Crippen molar-refractivity contribution >= 4 is 17.5 Å². The SMILES string of the molecule is Cc1cccc(C(=O)NCC2CC(=O)N(c3ccccc3)C2)c1. The predicted octanol–water partition coefficient (Wildman–Crippen LogP) is 2.78. The van der Waals surface area contributed by atoms with Gasteiger partial charge in [0.1, 0.15) is 0 Å². The van der Waals surface area contributed by atoms with E-state index in [1.807, 2.05) is 55.5 Å². The van der Waals surface area contributed by atoms with Crippen LogP contribution in [0.2, 0.25) is 0 Å². The molecule has 118 valence electrons. The van der Waals surface area contributed by atoms with E-state index < -0.39 is 0 Å². The number of carbonyl (C=O) groups is 2. The number of hydrogen-bond donors (Lipinski definition) is 1. The van der Waals surface area contributed by atoms with Gasteiger partial charge in [0.2, 0.25) is 5.91 Å². The number of benzene rings is 2. The monoisotopic (exact) mass is 308 g/mol. The summed E-state index contributed by atoms with van der Waals surface area (Å²) in [5.41, 5.74) is 2.64. The fourth-order valence-electron chi connectivity index (χ4n) is 2.90. The van der Waals surface area contributed by atoms with Crippen LogP contribution in [0.25, 0.3) is 0 Å². The van der Waals surface area contributed by atoms with Crippen molar-refractivity contribution < 1.29 is 9.59 Å². The maximum atomic E-state index is 12.2. The number of carbonyl (C=O) groups excluding carboxylic acids is 2. The molecule has 2 aromatic carbocycles. The van der Waals surface area contributed by atoms with Crippen LogP contribution in [0.5, 0.6) is 0 Å². The van der Waals surface area contributed by atoms with E-state index in [1.54, 1.807) is 11.0 Å². The van der Waals surface area contributed by atoms with Gasteiger partial charge in [0.05, 0.1) is 0 Å². The second-order valence-electron chi connectivity index (χ2n) is 5.99. The number of anilines is 1. The van der Waals surface area contributed by atoms with Gasteiger partial charge in [-0.15, -0.1) is 0 Å². The van der Waals surface area contributed by atoms with Crippen molar-refractivity contribution in [3.05, 3.63) is 65.7 Å². The number of rotatable bonds is 4. The Kier molecular flexibility index (Phi) is 4.42. The summed E-state index contributed by atoms with van der Waals surface area (Å²) in [6.45, 7) is 3.13. The second kappa shape index (κ2) is 6.65. The number of amides is 2. The van der Waals surface area contributed by atoms with Gasteiger partial charge in [-0.1, -0.05) is 35.9 Å². The van der Waals surface area contributed by atoms with E-state index in [4.69, 9.17) is 0 Å². The molecule has 1 aliphatic heterocycles. The molecular weight excluding hydrogens is 288 g/mol. The highest BCUT2D eigenvalue weighted by Crippen LogP contribution is 2.24. The maximum Gasteiger partial charge on any atom is 0.251 e. The smallest absolute Gasteiger partial charge is 0.251 e. The van der Waals surface area contributed by atoms with Crippen molar-refractivity contribution in [1.29, 1.82) is 0 Å². The molecule has 1 unspecified atom stereocenters. The van der Waals surface area contributed by atoms with Crippen LogP contribution in [0, 0.1) is 12.8 Å². The Morgan fingerprint density at radius 1 is 1.17 bits per heavy atom. The standard InChI is InChI=1S/C19H20N2O2/c1-14-6-5-7-16(10-14)19(23)20-12-15-11-18(22)21(13-15)17-8-3-2-4-9-17/h2-10,15H,11-13H2,1H3,(H,20,23). The van der Waals surface area contributed by atoms with Crippen LogP contribution in [0.4, 0.5) is 5.69 Å². The van der Waals surface area contributed by atoms with Crippen LogP contribution in [-0.2, 0) is 4.79 Å². The summed E-state index contributed by atoms with van der Waals surface area (Å²) in [7, 11) is 0. The minimum Gasteiger partial charge on any atom is -0.352 e. The van der Waals surface area contributed by atoms with Crippen molar-refractivity contribution in [3.8, 4) is 0 Å². The predicted molar refractivity (Wildman–Crippen MR) is 90.4 cm³/mol. The summed E-state index contributed by atoms with van der Waals surface area (Å²) in [5.74, 6) is 0.182. The van der Waals surface area contributed by atoms with E-state index in [0.717, 1.165) is 11.3 Å². The molecule has 23 heavy (non-hydrogen) atoms. The first kappa shape index (κ1) is 15.3. The molecule has 4 heteroatoms. The summed E-state index contributed by atoms with van der Waals surface area (Å²) in [6, 6.07) is 17.2. The lowest BCUT2D eigenvalue weighted by Gasteiger charge is -2.16. The maximum absolute atomic E-state index is 12.2. The summed E-state index contributed by atoms with van der Waals surface area (Å²) in [6.07, 6.45) is 0.475. The normalized spacial score (nSPS) is 17.3. The van der Waals surface area contributed by atoms with Crippen LogP contribution in [-0.4, -0.2) is 24.9 Å². The molecule has 1 fully saturated rings. The molecule has 1 aliphatic rings. The molecule has 2 aromatic rings. The Morgan fingerprint density at radius 2 is 1.96 bits per heavy atom. The lowest BCUT2D eigenvalue weighted by atomic mass is 10.1. The van der Waals surface area contributed by atoms with Gasteiger partial charge in [-0.25, -0.2) is 0 Å². The van der Waals surface area contributed by atoms with Gasteiger partial charge in [0.15, 0.2) is 0 Å². The molecule has 0 aliphatic carbocycles. The Hall–Kier alpha value is -2.62. The van der Waals surface area contributed by atoms with E-state index in [1.165, 1.54) is 0 Å². The third kappa shape index (κ3) is 3.59. The number of nitrogens with one attached hydrogen (secondary N) is 1. The van der Waals surface area contributed by atoms with Crippen LogP contribution in [0.1, 0.15) is 22.3 Å². The van der Waals surface area contributed by atoms with Crippen molar-refractivity contribution in [2.24, 2.45) is 5.92 Å². The van der Waals surface area contributed by atoms with Crippen LogP contribution < -0.4 is 10.2 Å². The second-order valence-corrected chi connectivity index (χ2v) is 5.99. The molecule has 3 rings (SSSR count). The van der Waals surface area contributed by atoms with E-state index in [2.05, 4.69) is 5.32 Å². The van der Waals surface area contributed by atoms with Crippen LogP contribution in [0.15, 0.2) is 54.6 Å². The largest absolute Gasteiger partial charge is 0.352 e. The molecule has 0 bridgehead atoms. The van der Waals surface area contributed by atoms with Gasteiger partial charge in [-0.3, -0.25) is 9.59 Å². The molecule has 0 aromatic heterocycles. The number of hydrogen-bond acceptors (Lipinski definition) is 2. The van der Waals surface area contributed by atoms with Crippen molar-refractivity contribution in [2.75, 3.05) is 18.0 Å². The fraction of sp³-hybridized carbons (Fsp3) is 0.263. The first-order valence-corrected chi connectivity index (χ1v) is 7.84. The minimum atomic E-state index is -0.0840. The zero-order chi connectivity index (χ0) is 16.2. The highest BCUT2D eigenvalue weighted by Gasteiger charge is 2.30. The quantitative estimate of drug-likeness (QED) is 0.944. The summed E-state index contributed by atoms with van der Waals surface area (Å²) in [4.78, 5) is 26.1. The zero-order valence-electron chi connectivity index (χ0n) is 13.2. The molecule has 1 saturated heterocycles. The molecule has 0 spiro atoms. The molecule has 0 saturated carbocycles. The topological polar surface area (TPSA) is 49.4 Å². The number of aryl methyl sites for hydroxylation is 1. The number of para-hydroxylation sites is 1. The first-order chi connectivity index (χ1) is 11.1. The molecular formula is C19H20N2O2. The Morgan fingerprint density at radius 3 is 2.70 bits per heavy atom. The summed E-state index contributed by atoms with van der Waals surface area (Å²) >= 11 is 0. The molecule has 2 amide bonds. The van der Waals surface area contributed by atoms with Crippen molar-refractivity contribution in [1.82, 2.24) is 5.32 Å². The van der Waals surface area contributed by atoms with E-state index in [-0.39, 0.29) is 17.7 Å². The van der Waals surface area contributed by atoms with E-state index in [9.17, 15) is 9.59 Å². The van der Waals surface area contributed by atoms with Gasteiger partial charge < -0.3 is 10.2 Å². The van der Waals surface area contributed by atoms with Crippen molar-refractivity contribution in [2.45, 2.75) is 13.3 Å². The van der Waals surface area contributed by atoms with E-state index >= 15 is 0 Å². The van der Waals surface area contributed by atoms with Gasteiger partial charge in [0, 0.05) is 36.7 Å². The van der Waals surface area contributed by atoms with Crippen molar-refractivity contribution in [3.63, 3.8) is 0 Å². The van der Waals surface area contributed by atoms with Gasteiger partial charge in [-0.2, -0.15) is 0 Å². The third-order valence-corrected chi connectivity index (χ3v) is 4.10. The molecule has 4 nitrogen and oxygen atoms in total. The van der Waals surface area contributed by atoms with Gasteiger partial charge in [0.25, 0.3) is 5.91 Å². The summed E-state index contributed by atoms with van der Waals surface area (Å²) in [5, 5.41) is 2.94. The fourth-order valence-corrected chi connectivity index (χ4v) is 2.90. The average molecular weight is 308 g/mol. The molecule has 0 radical (unpaired) electrons. The van der Waals surface area contributed by atoms with Gasteiger partial charge >= 0.3 is 0 Å². The lowest BCUT2D eigenvalue weighted by molar-refractivity contribution is -0.117. The Bertz CT molecular complexity index is 712. The Labute approximate surface area is 136 Å². The highest BCUT2D eigenvalue weighted by molar-refractivity contribution is 5.96. The third-order valence-electron chi connectivity index (χ3n) is 4.10. The first-order valence-electron chi connectivity index (χ1n) is 7.84. The van der Waals surface area contributed by atoms with E-state index in [0.29, 0.717) is 25.1 Å². The zero-order valence-corrected chi connectivity index (χ0v) is 13.2. The molecule has 1 N–H and O–H groups in total. The minimum absolute atomic E-state index is 0.0840.